The lowest BCUT2D eigenvalue weighted by molar-refractivity contribution is 1.11. The maximum absolute atomic E-state index is 2.38. The summed E-state index contributed by atoms with van der Waals surface area (Å²) < 4.78 is 0. The van der Waals surface area contributed by atoms with Crippen molar-refractivity contribution in [3.63, 3.8) is 0 Å². The standard InChI is InChI=1S/C14H18/c1-4-10-7-13-11(5-2)9-12(6-3)14(13)8-10/h7-9H,4-6H2,1-3H3. The van der Waals surface area contributed by atoms with E-state index in [1.807, 2.05) is 0 Å². The molecule has 0 heterocycles. The van der Waals surface area contributed by atoms with Gasteiger partial charge in [-0.2, -0.15) is 0 Å². The molecule has 0 atom stereocenters. The minimum absolute atomic E-state index is 1.15. The second-order valence-corrected chi connectivity index (χ2v) is 3.95. The van der Waals surface area contributed by atoms with Crippen molar-refractivity contribution >= 4 is 0 Å². The van der Waals surface area contributed by atoms with Crippen molar-refractivity contribution in [2.75, 3.05) is 0 Å². The predicted molar refractivity (Wildman–Crippen MR) is 62.1 cm³/mol. The molecule has 0 aromatic rings. The zero-order valence-corrected chi connectivity index (χ0v) is 9.35. The van der Waals surface area contributed by atoms with Gasteiger partial charge in [0, 0.05) is 0 Å². The van der Waals surface area contributed by atoms with E-state index in [4.69, 9.17) is 0 Å². The Hall–Kier alpha value is -1.04. The third-order valence-electron chi connectivity index (χ3n) is 3.16. The number of allylic oxidation sites excluding steroid dienone is 8. The maximum Gasteiger partial charge on any atom is -0.0146 e. The Morgan fingerprint density at radius 3 is 2.21 bits per heavy atom. The highest BCUT2D eigenvalue weighted by atomic mass is 14.3. The molecular weight excluding hydrogens is 168 g/mol. The number of fused-ring (bicyclic) bond motifs is 1. The molecule has 0 radical (unpaired) electrons. The first-order chi connectivity index (χ1) is 6.80. The van der Waals surface area contributed by atoms with Crippen molar-refractivity contribution in [3.8, 4) is 0 Å². The third-order valence-corrected chi connectivity index (χ3v) is 3.16. The van der Waals surface area contributed by atoms with Gasteiger partial charge in [-0.25, -0.2) is 0 Å². The predicted octanol–water partition coefficient (Wildman–Crippen LogP) is 4.32. The Kier molecular flexibility index (Phi) is 2.45. The molecule has 0 fully saturated rings. The van der Waals surface area contributed by atoms with Crippen LogP contribution in [0.3, 0.4) is 0 Å². The van der Waals surface area contributed by atoms with Crippen molar-refractivity contribution in [1.82, 2.24) is 0 Å². The molecule has 0 aromatic heterocycles. The fourth-order valence-corrected chi connectivity index (χ4v) is 2.25. The van der Waals surface area contributed by atoms with Crippen molar-refractivity contribution in [2.24, 2.45) is 0 Å². The molecule has 2 aliphatic rings. The fraction of sp³-hybridized carbons (Fsp3) is 0.429. The summed E-state index contributed by atoms with van der Waals surface area (Å²) in [5.74, 6) is 0. The zero-order valence-electron chi connectivity index (χ0n) is 9.35. The van der Waals surface area contributed by atoms with Crippen LogP contribution in [0.2, 0.25) is 0 Å². The van der Waals surface area contributed by atoms with Gasteiger partial charge in [-0.1, -0.05) is 39.0 Å². The molecule has 0 nitrogen and oxygen atoms in total. The second-order valence-electron chi connectivity index (χ2n) is 3.95. The van der Waals surface area contributed by atoms with Crippen LogP contribution >= 0.6 is 0 Å². The Morgan fingerprint density at radius 1 is 0.857 bits per heavy atom. The number of hydrogen-bond acceptors (Lipinski definition) is 0. The summed E-state index contributed by atoms with van der Waals surface area (Å²) in [4.78, 5) is 0. The highest BCUT2D eigenvalue weighted by molar-refractivity contribution is 5.69. The van der Waals surface area contributed by atoms with Gasteiger partial charge in [-0.15, -0.1) is 0 Å². The van der Waals surface area contributed by atoms with Crippen molar-refractivity contribution < 1.29 is 0 Å². The van der Waals surface area contributed by atoms with Crippen LogP contribution in [0.5, 0.6) is 0 Å². The molecule has 0 amide bonds. The van der Waals surface area contributed by atoms with Gasteiger partial charge >= 0.3 is 0 Å². The van der Waals surface area contributed by atoms with E-state index >= 15 is 0 Å². The van der Waals surface area contributed by atoms with Gasteiger partial charge in [0.05, 0.1) is 0 Å². The maximum atomic E-state index is 2.38. The Labute approximate surface area is 86.7 Å². The first-order valence-electron chi connectivity index (χ1n) is 5.66. The van der Waals surface area contributed by atoms with Gasteiger partial charge in [0.2, 0.25) is 0 Å². The lowest BCUT2D eigenvalue weighted by Crippen LogP contribution is -1.82. The summed E-state index contributed by atoms with van der Waals surface area (Å²) in [6, 6.07) is 0. The lowest BCUT2D eigenvalue weighted by Gasteiger charge is -2.00. The largest absolute Gasteiger partial charge is 0.0613 e. The number of hydrogen-bond donors (Lipinski definition) is 0. The quantitative estimate of drug-likeness (QED) is 0.615. The average Bonchev–Trinajstić information content (AvgIpc) is 2.74. The molecule has 2 rings (SSSR count). The van der Waals surface area contributed by atoms with Gasteiger partial charge in [0.15, 0.2) is 0 Å². The molecule has 0 saturated heterocycles. The van der Waals surface area contributed by atoms with Crippen LogP contribution in [-0.2, 0) is 0 Å². The van der Waals surface area contributed by atoms with Gasteiger partial charge in [-0.05, 0) is 47.1 Å². The fourth-order valence-electron chi connectivity index (χ4n) is 2.25. The molecule has 0 aromatic carbocycles. The van der Waals surface area contributed by atoms with Crippen molar-refractivity contribution in [1.29, 1.82) is 0 Å². The first kappa shape index (κ1) is 9.51. The van der Waals surface area contributed by atoms with Crippen LogP contribution in [0.15, 0.2) is 46.1 Å². The molecule has 0 heteroatoms. The average molecular weight is 186 g/mol. The van der Waals surface area contributed by atoms with Crippen LogP contribution in [-0.4, -0.2) is 0 Å². The Bertz CT molecular complexity index is 373. The second kappa shape index (κ2) is 3.61. The Morgan fingerprint density at radius 2 is 1.64 bits per heavy atom. The molecule has 0 aliphatic heterocycles. The SMILES string of the molecule is CCC1=CC2=C(CC)C=C(CC)C2=C1. The topological polar surface area (TPSA) is 0 Å². The summed E-state index contributed by atoms with van der Waals surface area (Å²) in [7, 11) is 0. The van der Waals surface area contributed by atoms with Crippen LogP contribution in [0, 0.1) is 0 Å². The summed E-state index contributed by atoms with van der Waals surface area (Å²) in [5, 5.41) is 0. The van der Waals surface area contributed by atoms with Gasteiger partial charge < -0.3 is 0 Å². The van der Waals surface area contributed by atoms with E-state index < -0.39 is 0 Å². The van der Waals surface area contributed by atoms with E-state index in [2.05, 4.69) is 39.0 Å². The van der Waals surface area contributed by atoms with Crippen LogP contribution < -0.4 is 0 Å². The van der Waals surface area contributed by atoms with E-state index in [0.29, 0.717) is 0 Å². The highest BCUT2D eigenvalue weighted by Crippen LogP contribution is 2.40. The normalized spacial score (nSPS) is 19.5. The summed E-state index contributed by atoms with van der Waals surface area (Å²) >= 11 is 0. The molecule has 0 N–H and O–H groups in total. The molecule has 74 valence electrons. The lowest BCUT2D eigenvalue weighted by atomic mass is 10.0. The molecule has 0 spiro atoms. The highest BCUT2D eigenvalue weighted by Gasteiger charge is 2.21. The minimum Gasteiger partial charge on any atom is -0.0613 e. The van der Waals surface area contributed by atoms with E-state index in [1.54, 1.807) is 0 Å². The van der Waals surface area contributed by atoms with Gasteiger partial charge in [-0.3, -0.25) is 0 Å². The summed E-state index contributed by atoms with van der Waals surface area (Å²) in [6.07, 6.45) is 10.6. The Balaban J connectivity index is 2.41. The van der Waals surface area contributed by atoms with E-state index in [0.717, 1.165) is 19.3 Å². The van der Waals surface area contributed by atoms with E-state index in [-0.39, 0.29) is 0 Å². The number of rotatable bonds is 3. The molecule has 14 heavy (non-hydrogen) atoms. The third kappa shape index (κ3) is 1.30. The van der Waals surface area contributed by atoms with Gasteiger partial charge in [0.1, 0.15) is 0 Å². The summed E-state index contributed by atoms with van der Waals surface area (Å²) in [5.41, 5.74) is 7.54. The molecule has 0 saturated carbocycles. The van der Waals surface area contributed by atoms with Gasteiger partial charge in [0.25, 0.3) is 0 Å². The monoisotopic (exact) mass is 186 g/mol. The molecule has 0 bridgehead atoms. The van der Waals surface area contributed by atoms with E-state index in [9.17, 15) is 0 Å². The van der Waals surface area contributed by atoms with Crippen LogP contribution in [0.25, 0.3) is 0 Å². The first-order valence-corrected chi connectivity index (χ1v) is 5.66. The molecule has 2 aliphatic carbocycles. The van der Waals surface area contributed by atoms with Crippen LogP contribution in [0.1, 0.15) is 40.0 Å². The minimum atomic E-state index is 1.15. The van der Waals surface area contributed by atoms with E-state index in [1.165, 1.54) is 27.9 Å². The van der Waals surface area contributed by atoms with Crippen molar-refractivity contribution in [3.05, 3.63) is 46.1 Å². The van der Waals surface area contributed by atoms with Crippen LogP contribution in [0.4, 0.5) is 0 Å². The smallest absolute Gasteiger partial charge is 0.0146 e. The summed E-state index contributed by atoms with van der Waals surface area (Å²) in [6.45, 7) is 6.71. The zero-order chi connectivity index (χ0) is 10.1. The van der Waals surface area contributed by atoms with Crippen molar-refractivity contribution in [2.45, 2.75) is 40.0 Å². The molecular formula is C14H18. The molecule has 0 unspecified atom stereocenters.